The molecule has 8 heteroatoms. The highest BCUT2D eigenvalue weighted by Gasteiger charge is 2.35. The van der Waals surface area contributed by atoms with Gasteiger partial charge in [0.25, 0.3) is 5.91 Å². The van der Waals surface area contributed by atoms with Gasteiger partial charge in [-0.25, -0.2) is 12.8 Å². The van der Waals surface area contributed by atoms with Gasteiger partial charge in [0.1, 0.15) is 5.82 Å². The van der Waals surface area contributed by atoms with Crippen molar-refractivity contribution in [2.24, 2.45) is 0 Å². The Morgan fingerprint density at radius 1 is 1.14 bits per heavy atom. The number of carbonyl (C=O) groups excluding carboxylic acids is 1. The number of halogens is 1. The van der Waals surface area contributed by atoms with Crippen LogP contribution >= 0.6 is 0 Å². The molecule has 1 amide bonds. The quantitative estimate of drug-likeness (QED) is 0.767. The van der Waals surface area contributed by atoms with E-state index in [0.717, 1.165) is 16.0 Å². The summed E-state index contributed by atoms with van der Waals surface area (Å²) < 4.78 is 41.3. The van der Waals surface area contributed by atoms with Crippen molar-refractivity contribution in [1.82, 2.24) is 4.31 Å². The highest BCUT2D eigenvalue weighted by atomic mass is 32.2. The fraction of sp³-hybridized carbons (Fsp3) is 0.381. The zero-order valence-corrected chi connectivity index (χ0v) is 17.7. The minimum Gasteiger partial charge on any atom is -0.323 e. The number of quaternary nitrogens is 1. The van der Waals surface area contributed by atoms with Crippen LogP contribution in [0.5, 0.6) is 0 Å². The van der Waals surface area contributed by atoms with Gasteiger partial charge in [0.05, 0.1) is 36.8 Å². The second-order valence-electron chi connectivity index (χ2n) is 7.52. The summed E-state index contributed by atoms with van der Waals surface area (Å²) >= 11 is 0. The van der Waals surface area contributed by atoms with Crippen molar-refractivity contribution in [3.8, 4) is 0 Å². The number of nitrogens with one attached hydrogen (secondary N) is 2. The lowest BCUT2D eigenvalue weighted by Gasteiger charge is -2.34. The summed E-state index contributed by atoms with van der Waals surface area (Å²) in [4.78, 5) is 13.8. The molecule has 0 radical (unpaired) electrons. The van der Waals surface area contributed by atoms with Crippen LogP contribution < -0.4 is 10.2 Å². The van der Waals surface area contributed by atoms with Crippen molar-refractivity contribution in [2.75, 3.05) is 31.5 Å². The van der Waals surface area contributed by atoms with Crippen LogP contribution in [0.15, 0.2) is 47.4 Å². The van der Waals surface area contributed by atoms with E-state index in [-0.39, 0.29) is 11.6 Å². The normalized spacial score (nSPS) is 17.1. The Morgan fingerprint density at radius 2 is 1.79 bits per heavy atom. The first-order valence-corrected chi connectivity index (χ1v) is 11.1. The summed E-state index contributed by atoms with van der Waals surface area (Å²) in [6.07, 6.45) is 0. The Bertz CT molecular complexity index is 1000. The van der Waals surface area contributed by atoms with E-state index >= 15 is 0 Å². The van der Waals surface area contributed by atoms with Gasteiger partial charge in [0, 0.05) is 0 Å². The maximum absolute atomic E-state index is 13.8. The van der Waals surface area contributed by atoms with Crippen molar-refractivity contribution >= 4 is 21.6 Å². The molecule has 0 aromatic heterocycles. The van der Waals surface area contributed by atoms with E-state index in [0.29, 0.717) is 31.1 Å². The van der Waals surface area contributed by atoms with E-state index in [4.69, 9.17) is 0 Å². The second kappa shape index (κ2) is 8.61. The molecule has 2 N–H and O–H groups in total. The highest BCUT2D eigenvalue weighted by Crippen LogP contribution is 2.21. The van der Waals surface area contributed by atoms with Gasteiger partial charge in [-0.05, 0) is 44.5 Å². The van der Waals surface area contributed by atoms with Gasteiger partial charge in [0.15, 0.2) is 6.04 Å². The van der Waals surface area contributed by atoms with E-state index in [1.807, 2.05) is 13.0 Å². The molecule has 0 bridgehead atoms. The largest absolute Gasteiger partial charge is 0.323 e. The molecular formula is C21H27FN3O3S+. The SMILES string of the molecule is Cc1ccc(S(=O)(=O)N2CC[NH+]([C@H](C)C(=O)Nc3ccccc3F)CC2)c(C)c1. The van der Waals surface area contributed by atoms with Crippen LogP contribution in [-0.4, -0.2) is 50.9 Å². The molecular weight excluding hydrogens is 393 g/mol. The summed E-state index contributed by atoms with van der Waals surface area (Å²) in [5, 5.41) is 2.62. The first kappa shape index (κ1) is 21.4. The Hall–Kier alpha value is -2.29. The van der Waals surface area contributed by atoms with Gasteiger partial charge in [-0.3, -0.25) is 4.79 Å². The van der Waals surface area contributed by atoms with Crippen LogP contribution in [0, 0.1) is 19.7 Å². The molecule has 1 aliphatic rings. The third-order valence-corrected chi connectivity index (χ3v) is 7.51. The van der Waals surface area contributed by atoms with Gasteiger partial charge in [0.2, 0.25) is 10.0 Å². The predicted molar refractivity (Wildman–Crippen MR) is 110 cm³/mol. The first-order chi connectivity index (χ1) is 13.7. The van der Waals surface area contributed by atoms with Crippen molar-refractivity contribution in [3.63, 3.8) is 0 Å². The van der Waals surface area contributed by atoms with Crippen LogP contribution in [0.1, 0.15) is 18.1 Å². The maximum Gasteiger partial charge on any atom is 0.282 e. The standard InChI is InChI=1S/C21H26FN3O3S/c1-15-8-9-20(16(2)14-15)29(27,28)25-12-10-24(11-13-25)17(3)21(26)23-19-7-5-4-6-18(19)22/h4-9,14,17H,10-13H2,1-3H3,(H,23,26)/p+1/t17-/m1/s1. The fourth-order valence-electron chi connectivity index (χ4n) is 3.66. The molecule has 3 rings (SSSR count). The summed E-state index contributed by atoms with van der Waals surface area (Å²) in [5.41, 5.74) is 1.91. The van der Waals surface area contributed by atoms with Crippen molar-refractivity contribution in [2.45, 2.75) is 31.7 Å². The number of rotatable bonds is 5. The smallest absolute Gasteiger partial charge is 0.282 e. The van der Waals surface area contributed by atoms with Crippen LogP contribution in [0.25, 0.3) is 0 Å². The van der Waals surface area contributed by atoms with Crippen molar-refractivity contribution in [1.29, 1.82) is 0 Å². The topological polar surface area (TPSA) is 70.9 Å². The molecule has 0 unspecified atom stereocenters. The average Bonchev–Trinajstić information content (AvgIpc) is 2.69. The number of aryl methyl sites for hydroxylation is 2. The van der Waals surface area contributed by atoms with E-state index in [1.54, 1.807) is 38.1 Å². The molecule has 0 saturated carbocycles. The fourth-order valence-corrected chi connectivity index (χ4v) is 5.31. The number of hydrogen-bond acceptors (Lipinski definition) is 3. The van der Waals surface area contributed by atoms with Gasteiger partial charge < -0.3 is 10.2 Å². The lowest BCUT2D eigenvalue weighted by atomic mass is 10.2. The molecule has 2 aromatic rings. The zero-order chi connectivity index (χ0) is 21.2. The zero-order valence-electron chi connectivity index (χ0n) is 16.9. The number of amides is 1. The molecule has 1 heterocycles. The molecule has 0 aliphatic carbocycles. The molecule has 1 atom stereocenters. The van der Waals surface area contributed by atoms with Crippen LogP contribution in [0.3, 0.4) is 0 Å². The van der Waals surface area contributed by atoms with Crippen molar-refractivity contribution in [3.05, 3.63) is 59.4 Å². The monoisotopic (exact) mass is 420 g/mol. The van der Waals surface area contributed by atoms with E-state index in [2.05, 4.69) is 5.32 Å². The third kappa shape index (κ3) is 4.66. The number of anilines is 1. The molecule has 1 aliphatic heterocycles. The average molecular weight is 421 g/mol. The Kier molecular flexibility index (Phi) is 6.36. The molecule has 2 aromatic carbocycles. The number of sulfonamides is 1. The maximum atomic E-state index is 13.8. The van der Waals surface area contributed by atoms with Crippen LogP contribution in [0.2, 0.25) is 0 Å². The van der Waals surface area contributed by atoms with Crippen LogP contribution in [0.4, 0.5) is 10.1 Å². The Labute approximate surface area is 171 Å². The summed E-state index contributed by atoms with van der Waals surface area (Å²) in [5.74, 6) is -0.761. The lowest BCUT2D eigenvalue weighted by molar-refractivity contribution is -0.917. The summed E-state index contributed by atoms with van der Waals surface area (Å²) in [6.45, 7) is 7.20. The van der Waals surface area contributed by atoms with E-state index < -0.39 is 21.9 Å². The highest BCUT2D eigenvalue weighted by molar-refractivity contribution is 7.89. The van der Waals surface area contributed by atoms with E-state index in [1.165, 1.54) is 16.4 Å². The van der Waals surface area contributed by atoms with Gasteiger partial charge in [-0.2, -0.15) is 4.31 Å². The van der Waals surface area contributed by atoms with Gasteiger partial charge in [-0.1, -0.05) is 29.8 Å². The van der Waals surface area contributed by atoms with Gasteiger partial charge >= 0.3 is 0 Å². The number of piperazine rings is 1. The minimum absolute atomic E-state index is 0.153. The van der Waals surface area contributed by atoms with Crippen LogP contribution in [-0.2, 0) is 14.8 Å². The predicted octanol–water partition coefficient (Wildman–Crippen LogP) is 1.36. The number of para-hydroxylation sites is 1. The van der Waals surface area contributed by atoms with Crippen molar-refractivity contribution < 1.29 is 22.5 Å². The summed E-state index contributed by atoms with van der Waals surface area (Å²) in [6, 6.07) is 10.9. The van der Waals surface area contributed by atoms with Gasteiger partial charge in [-0.15, -0.1) is 0 Å². The number of nitrogens with zero attached hydrogens (tertiary/aromatic N) is 1. The number of benzene rings is 2. The molecule has 29 heavy (non-hydrogen) atoms. The molecule has 1 saturated heterocycles. The number of hydrogen-bond donors (Lipinski definition) is 2. The minimum atomic E-state index is -3.56. The molecule has 6 nitrogen and oxygen atoms in total. The number of carbonyl (C=O) groups is 1. The Morgan fingerprint density at radius 3 is 2.41 bits per heavy atom. The lowest BCUT2D eigenvalue weighted by Crippen LogP contribution is -3.19. The second-order valence-corrected chi connectivity index (χ2v) is 9.43. The third-order valence-electron chi connectivity index (χ3n) is 5.45. The molecule has 1 fully saturated rings. The first-order valence-electron chi connectivity index (χ1n) is 9.67. The van der Waals surface area contributed by atoms with E-state index in [9.17, 15) is 17.6 Å². The molecule has 0 spiro atoms. The molecule has 156 valence electrons. The summed E-state index contributed by atoms with van der Waals surface area (Å²) in [7, 11) is -3.56. The Balaban J connectivity index is 1.63.